The fourth-order valence-electron chi connectivity index (χ4n) is 2.72. The van der Waals surface area contributed by atoms with Crippen molar-refractivity contribution >= 4 is 11.8 Å². The topological polar surface area (TPSA) is 46.6 Å². The Bertz CT molecular complexity index is 825. The SMILES string of the molecule is C[C@H]1C=CN(Cc2ccccc2)C=C1COC(=O)C(=O)c1ccccc1. The van der Waals surface area contributed by atoms with E-state index in [2.05, 4.69) is 23.1 Å². The van der Waals surface area contributed by atoms with Gasteiger partial charge in [0.1, 0.15) is 6.61 Å². The summed E-state index contributed by atoms with van der Waals surface area (Å²) in [6, 6.07) is 18.6. The number of allylic oxidation sites excluding steroid dienone is 1. The highest BCUT2D eigenvalue weighted by molar-refractivity contribution is 6.40. The molecule has 0 bridgehead atoms. The maximum atomic E-state index is 12.1. The molecule has 1 atom stereocenters. The van der Waals surface area contributed by atoms with Crippen LogP contribution in [-0.4, -0.2) is 23.3 Å². The molecule has 0 saturated carbocycles. The van der Waals surface area contributed by atoms with Crippen molar-refractivity contribution in [2.24, 2.45) is 5.92 Å². The molecule has 1 aliphatic heterocycles. The van der Waals surface area contributed by atoms with Crippen molar-refractivity contribution in [2.45, 2.75) is 13.5 Å². The summed E-state index contributed by atoms with van der Waals surface area (Å²) in [7, 11) is 0. The Morgan fingerprint density at radius 2 is 1.65 bits per heavy atom. The lowest BCUT2D eigenvalue weighted by Gasteiger charge is -2.25. The zero-order chi connectivity index (χ0) is 18.4. The molecule has 2 aromatic rings. The van der Waals surface area contributed by atoms with Crippen LogP contribution >= 0.6 is 0 Å². The first-order valence-corrected chi connectivity index (χ1v) is 8.58. The lowest BCUT2D eigenvalue weighted by molar-refractivity contribution is -0.137. The highest BCUT2D eigenvalue weighted by Gasteiger charge is 2.20. The standard InChI is InChI=1S/C22H21NO3/c1-17-12-13-23(14-18-8-4-2-5-9-18)15-20(17)16-26-22(25)21(24)19-10-6-3-7-11-19/h2-13,15,17H,14,16H2,1H3/t17-/m0/s1. The average Bonchev–Trinajstić information content (AvgIpc) is 2.69. The van der Waals surface area contributed by atoms with Gasteiger partial charge < -0.3 is 9.64 Å². The summed E-state index contributed by atoms with van der Waals surface area (Å²) in [6.45, 7) is 2.88. The Hall–Kier alpha value is -3.14. The van der Waals surface area contributed by atoms with Crippen molar-refractivity contribution in [2.75, 3.05) is 6.61 Å². The van der Waals surface area contributed by atoms with Crippen LogP contribution in [-0.2, 0) is 16.1 Å². The third-order valence-electron chi connectivity index (χ3n) is 4.28. The van der Waals surface area contributed by atoms with Gasteiger partial charge in [-0.2, -0.15) is 0 Å². The summed E-state index contributed by atoms with van der Waals surface area (Å²) in [4.78, 5) is 26.2. The van der Waals surface area contributed by atoms with E-state index >= 15 is 0 Å². The molecule has 0 aromatic heterocycles. The van der Waals surface area contributed by atoms with E-state index in [1.54, 1.807) is 30.3 Å². The zero-order valence-electron chi connectivity index (χ0n) is 14.7. The number of carbonyl (C=O) groups excluding carboxylic acids is 2. The Labute approximate surface area is 153 Å². The molecule has 132 valence electrons. The van der Waals surface area contributed by atoms with Crippen molar-refractivity contribution in [3.8, 4) is 0 Å². The Morgan fingerprint density at radius 3 is 2.35 bits per heavy atom. The molecule has 0 N–H and O–H groups in total. The van der Waals surface area contributed by atoms with Gasteiger partial charge in [0.05, 0.1) is 0 Å². The highest BCUT2D eigenvalue weighted by atomic mass is 16.5. The van der Waals surface area contributed by atoms with Crippen LogP contribution in [0.2, 0.25) is 0 Å². The summed E-state index contributed by atoms with van der Waals surface area (Å²) < 4.78 is 5.25. The van der Waals surface area contributed by atoms with E-state index in [1.165, 1.54) is 5.56 Å². The Morgan fingerprint density at radius 1 is 1.00 bits per heavy atom. The molecule has 2 aromatic carbocycles. The number of ketones is 1. The van der Waals surface area contributed by atoms with E-state index in [0.29, 0.717) is 5.56 Å². The largest absolute Gasteiger partial charge is 0.455 e. The zero-order valence-corrected chi connectivity index (χ0v) is 14.7. The van der Waals surface area contributed by atoms with Gasteiger partial charge in [-0.1, -0.05) is 73.7 Å². The molecule has 0 amide bonds. The van der Waals surface area contributed by atoms with E-state index in [1.807, 2.05) is 37.5 Å². The summed E-state index contributed by atoms with van der Waals surface area (Å²) in [5.74, 6) is -1.29. The van der Waals surface area contributed by atoms with Crippen molar-refractivity contribution in [3.05, 3.63) is 95.8 Å². The fraction of sp³-hybridized carbons (Fsp3) is 0.182. The van der Waals surface area contributed by atoms with Gasteiger partial charge in [-0.3, -0.25) is 4.79 Å². The van der Waals surface area contributed by atoms with Crippen molar-refractivity contribution in [1.82, 2.24) is 4.90 Å². The number of benzene rings is 2. The van der Waals surface area contributed by atoms with Gasteiger partial charge in [0.15, 0.2) is 0 Å². The van der Waals surface area contributed by atoms with E-state index < -0.39 is 11.8 Å². The fourth-order valence-corrected chi connectivity index (χ4v) is 2.72. The molecule has 0 saturated heterocycles. The molecular weight excluding hydrogens is 326 g/mol. The second-order valence-corrected chi connectivity index (χ2v) is 6.26. The number of nitrogens with zero attached hydrogens (tertiary/aromatic N) is 1. The van der Waals surface area contributed by atoms with Crippen LogP contribution in [0.4, 0.5) is 0 Å². The maximum absolute atomic E-state index is 12.1. The van der Waals surface area contributed by atoms with Gasteiger partial charge in [-0.15, -0.1) is 0 Å². The molecule has 1 aliphatic rings. The molecule has 0 unspecified atom stereocenters. The first-order chi connectivity index (χ1) is 12.6. The third kappa shape index (κ3) is 4.48. The smallest absolute Gasteiger partial charge is 0.379 e. The number of hydrogen-bond acceptors (Lipinski definition) is 4. The molecule has 0 fully saturated rings. The molecular formula is C22H21NO3. The van der Waals surface area contributed by atoms with Crippen LogP contribution in [0.5, 0.6) is 0 Å². The van der Waals surface area contributed by atoms with Crippen LogP contribution < -0.4 is 0 Å². The molecule has 1 heterocycles. The predicted molar refractivity (Wildman–Crippen MR) is 100 cm³/mol. The lowest BCUT2D eigenvalue weighted by Crippen LogP contribution is -2.23. The Kier molecular flexibility index (Phi) is 5.64. The summed E-state index contributed by atoms with van der Waals surface area (Å²) >= 11 is 0. The number of rotatable bonds is 6. The van der Waals surface area contributed by atoms with Crippen LogP contribution in [0.3, 0.4) is 0 Å². The summed E-state index contributed by atoms with van der Waals surface area (Å²) in [6.07, 6.45) is 6.07. The number of esters is 1. The van der Waals surface area contributed by atoms with Crippen molar-refractivity contribution in [1.29, 1.82) is 0 Å². The van der Waals surface area contributed by atoms with Gasteiger partial charge in [0, 0.05) is 30.4 Å². The number of Topliss-reactive ketones (excluding diaryl/α,β-unsaturated/α-hetero) is 1. The van der Waals surface area contributed by atoms with E-state index in [0.717, 1.165) is 12.1 Å². The molecule has 0 aliphatic carbocycles. The first kappa shape index (κ1) is 17.7. The van der Waals surface area contributed by atoms with Gasteiger partial charge in [-0.05, 0) is 11.1 Å². The molecule has 4 heteroatoms. The van der Waals surface area contributed by atoms with E-state index in [4.69, 9.17) is 4.74 Å². The number of hydrogen-bond donors (Lipinski definition) is 0. The number of ether oxygens (including phenoxy) is 1. The summed E-state index contributed by atoms with van der Waals surface area (Å²) in [5, 5.41) is 0. The van der Waals surface area contributed by atoms with Gasteiger partial charge >= 0.3 is 5.97 Å². The second kappa shape index (κ2) is 8.30. The van der Waals surface area contributed by atoms with Crippen LogP contribution in [0.15, 0.2) is 84.7 Å². The van der Waals surface area contributed by atoms with Crippen molar-refractivity contribution < 1.29 is 14.3 Å². The minimum absolute atomic E-state index is 0.105. The maximum Gasteiger partial charge on any atom is 0.379 e. The molecule has 0 spiro atoms. The van der Waals surface area contributed by atoms with Crippen molar-refractivity contribution in [3.63, 3.8) is 0 Å². The monoisotopic (exact) mass is 347 g/mol. The molecule has 0 radical (unpaired) electrons. The lowest BCUT2D eigenvalue weighted by atomic mass is 10.0. The third-order valence-corrected chi connectivity index (χ3v) is 4.28. The Balaban J connectivity index is 1.60. The van der Waals surface area contributed by atoms with E-state index in [9.17, 15) is 9.59 Å². The molecule has 4 nitrogen and oxygen atoms in total. The average molecular weight is 347 g/mol. The minimum Gasteiger partial charge on any atom is -0.455 e. The first-order valence-electron chi connectivity index (χ1n) is 8.58. The number of carbonyl (C=O) groups is 2. The van der Waals surface area contributed by atoms with Crippen LogP contribution in [0, 0.1) is 5.92 Å². The molecule has 26 heavy (non-hydrogen) atoms. The van der Waals surface area contributed by atoms with Gasteiger partial charge in [0.2, 0.25) is 0 Å². The van der Waals surface area contributed by atoms with E-state index in [-0.39, 0.29) is 12.5 Å². The normalized spacial score (nSPS) is 16.1. The summed E-state index contributed by atoms with van der Waals surface area (Å²) in [5.41, 5.74) is 2.49. The quantitative estimate of drug-likeness (QED) is 0.451. The van der Waals surface area contributed by atoms with Crippen LogP contribution in [0.25, 0.3) is 0 Å². The highest BCUT2D eigenvalue weighted by Crippen LogP contribution is 2.21. The van der Waals surface area contributed by atoms with Gasteiger partial charge in [-0.25, -0.2) is 4.79 Å². The second-order valence-electron chi connectivity index (χ2n) is 6.26. The molecule has 3 rings (SSSR count). The predicted octanol–water partition coefficient (Wildman–Crippen LogP) is 3.96. The van der Waals surface area contributed by atoms with Crippen LogP contribution in [0.1, 0.15) is 22.8 Å². The minimum atomic E-state index is -0.825. The van der Waals surface area contributed by atoms with Gasteiger partial charge in [0.25, 0.3) is 5.78 Å².